The number of benzene rings is 2. The quantitative estimate of drug-likeness (QED) is 0.540. The van der Waals surface area contributed by atoms with Gasteiger partial charge in [0.25, 0.3) is 11.5 Å². The summed E-state index contributed by atoms with van der Waals surface area (Å²) in [5, 5.41) is 11.3. The van der Waals surface area contributed by atoms with E-state index in [4.69, 9.17) is 0 Å². The fourth-order valence-electron chi connectivity index (χ4n) is 5.12. The molecule has 2 saturated heterocycles. The van der Waals surface area contributed by atoms with Crippen molar-refractivity contribution in [2.75, 3.05) is 52.4 Å². The van der Waals surface area contributed by atoms with E-state index in [1.807, 2.05) is 12.1 Å². The van der Waals surface area contributed by atoms with Crippen molar-refractivity contribution in [3.8, 4) is 0 Å². The van der Waals surface area contributed by atoms with Crippen LogP contribution in [0.2, 0.25) is 0 Å². The molecule has 5 rings (SSSR count). The van der Waals surface area contributed by atoms with E-state index in [1.54, 1.807) is 34.1 Å². The molecular weight excluding hydrogens is 475 g/mol. The van der Waals surface area contributed by atoms with Crippen LogP contribution in [0.5, 0.6) is 0 Å². The van der Waals surface area contributed by atoms with Crippen molar-refractivity contribution in [1.82, 2.24) is 30.2 Å². The Morgan fingerprint density at radius 1 is 1.03 bits per heavy atom. The summed E-state index contributed by atoms with van der Waals surface area (Å²) in [5.41, 5.74) is 1.09. The molecule has 9 nitrogen and oxygen atoms in total. The van der Waals surface area contributed by atoms with Crippen LogP contribution in [0.4, 0.5) is 4.39 Å². The smallest absolute Gasteiger partial charge is 0.272 e. The minimum atomic E-state index is -0.584. The van der Waals surface area contributed by atoms with Crippen molar-refractivity contribution in [2.45, 2.75) is 19.4 Å². The molecule has 1 aromatic heterocycles. The summed E-state index contributed by atoms with van der Waals surface area (Å²) < 4.78 is 14.7. The third-order valence-electron chi connectivity index (χ3n) is 7.14. The Bertz CT molecular complexity index is 1370. The average Bonchev–Trinajstić information content (AvgIpc) is 2.91. The highest BCUT2D eigenvalue weighted by molar-refractivity contribution is 5.95. The monoisotopic (exact) mass is 506 g/mol. The predicted molar refractivity (Wildman–Crippen MR) is 138 cm³/mol. The minimum absolute atomic E-state index is 0.000751. The number of aromatic nitrogens is 2. The molecule has 2 aliphatic heterocycles. The van der Waals surface area contributed by atoms with Crippen LogP contribution in [-0.4, -0.2) is 95.1 Å². The summed E-state index contributed by atoms with van der Waals surface area (Å²) >= 11 is 0. The summed E-state index contributed by atoms with van der Waals surface area (Å²) in [5.74, 6) is -0.906. The molecule has 3 heterocycles. The Balaban J connectivity index is 1.24. The van der Waals surface area contributed by atoms with Gasteiger partial charge in [0.05, 0.1) is 23.2 Å². The second-order valence-electron chi connectivity index (χ2n) is 9.80. The lowest BCUT2D eigenvalue weighted by molar-refractivity contribution is -0.134. The Morgan fingerprint density at radius 3 is 2.51 bits per heavy atom. The summed E-state index contributed by atoms with van der Waals surface area (Å²) in [6.45, 7) is 6.62. The SMILES string of the molecule is CC1CN(CC(=O)N2CCN(C(=O)c3cc(Cc4n[nH]c(=O)c5ccccc45)ccc3F)CC2)CCN1. The van der Waals surface area contributed by atoms with Crippen molar-refractivity contribution in [2.24, 2.45) is 0 Å². The minimum Gasteiger partial charge on any atom is -0.338 e. The topological polar surface area (TPSA) is 102 Å². The first-order valence-corrected chi connectivity index (χ1v) is 12.7. The third-order valence-corrected chi connectivity index (χ3v) is 7.14. The van der Waals surface area contributed by atoms with Gasteiger partial charge in [-0.2, -0.15) is 5.10 Å². The molecule has 10 heteroatoms. The number of hydrogen-bond donors (Lipinski definition) is 2. The Morgan fingerprint density at radius 2 is 1.76 bits per heavy atom. The van der Waals surface area contributed by atoms with E-state index in [0.29, 0.717) is 61.8 Å². The number of halogens is 1. The molecule has 1 atom stereocenters. The van der Waals surface area contributed by atoms with Crippen LogP contribution < -0.4 is 10.9 Å². The van der Waals surface area contributed by atoms with Crippen molar-refractivity contribution in [3.63, 3.8) is 0 Å². The molecule has 2 fully saturated rings. The van der Waals surface area contributed by atoms with Gasteiger partial charge >= 0.3 is 0 Å². The summed E-state index contributed by atoms with van der Waals surface area (Å²) in [6.07, 6.45) is 0.338. The van der Waals surface area contributed by atoms with E-state index in [9.17, 15) is 18.8 Å². The van der Waals surface area contributed by atoms with Crippen molar-refractivity contribution >= 4 is 22.6 Å². The van der Waals surface area contributed by atoms with Crippen LogP contribution in [-0.2, 0) is 11.2 Å². The molecular formula is C27H31FN6O3. The Kier molecular flexibility index (Phi) is 7.29. The zero-order chi connectivity index (χ0) is 25.9. The number of piperazine rings is 2. The van der Waals surface area contributed by atoms with Gasteiger partial charge in [-0.25, -0.2) is 9.49 Å². The number of amides is 2. The van der Waals surface area contributed by atoms with Gasteiger partial charge in [-0.15, -0.1) is 0 Å². The second kappa shape index (κ2) is 10.8. The molecule has 2 N–H and O–H groups in total. The summed E-state index contributed by atoms with van der Waals surface area (Å²) in [7, 11) is 0. The highest BCUT2D eigenvalue weighted by Gasteiger charge is 2.28. The molecule has 37 heavy (non-hydrogen) atoms. The van der Waals surface area contributed by atoms with Crippen LogP contribution >= 0.6 is 0 Å². The molecule has 0 saturated carbocycles. The number of carbonyl (C=O) groups is 2. The summed E-state index contributed by atoms with van der Waals surface area (Å²) in [4.78, 5) is 43.6. The van der Waals surface area contributed by atoms with Gasteiger partial charge in [-0.3, -0.25) is 19.3 Å². The molecule has 3 aromatic rings. The second-order valence-corrected chi connectivity index (χ2v) is 9.80. The first-order valence-electron chi connectivity index (χ1n) is 12.7. The molecule has 2 aliphatic rings. The lowest BCUT2D eigenvalue weighted by atomic mass is 10.0. The number of nitrogens with one attached hydrogen (secondary N) is 2. The largest absolute Gasteiger partial charge is 0.338 e. The lowest BCUT2D eigenvalue weighted by Gasteiger charge is -2.37. The average molecular weight is 507 g/mol. The molecule has 2 amide bonds. The molecule has 0 radical (unpaired) electrons. The fourth-order valence-corrected chi connectivity index (χ4v) is 5.12. The maximum absolute atomic E-state index is 14.7. The Hall–Kier alpha value is -3.63. The number of carbonyl (C=O) groups excluding carboxylic acids is 2. The molecule has 194 valence electrons. The number of H-pyrrole nitrogens is 1. The van der Waals surface area contributed by atoms with Crippen molar-refractivity contribution in [3.05, 3.63) is 75.5 Å². The van der Waals surface area contributed by atoms with Gasteiger partial charge in [-0.05, 0) is 30.7 Å². The van der Waals surface area contributed by atoms with E-state index >= 15 is 0 Å². The van der Waals surface area contributed by atoms with E-state index in [2.05, 4.69) is 27.3 Å². The zero-order valence-electron chi connectivity index (χ0n) is 20.9. The highest BCUT2D eigenvalue weighted by Crippen LogP contribution is 2.20. The van der Waals surface area contributed by atoms with Gasteiger partial charge in [0.1, 0.15) is 5.82 Å². The lowest BCUT2D eigenvalue weighted by Crippen LogP contribution is -2.55. The first-order chi connectivity index (χ1) is 17.9. The van der Waals surface area contributed by atoms with E-state index in [-0.39, 0.29) is 22.9 Å². The van der Waals surface area contributed by atoms with Crippen LogP contribution in [0, 0.1) is 5.82 Å². The van der Waals surface area contributed by atoms with Crippen LogP contribution in [0.25, 0.3) is 10.8 Å². The zero-order valence-corrected chi connectivity index (χ0v) is 20.9. The maximum Gasteiger partial charge on any atom is 0.272 e. The van der Waals surface area contributed by atoms with Gasteiger partial charge in [0, 0.05) is 63.7 Å². The third kappa shape index (κ3) is 5.55. The van der Waals surface area contributed by atoms with Gasteiger partial charge in [0.2, 0.25) is 5.91 Å². The molecule has 2 aromatic carbocycles. The van der Waals surface area contributed by atoms with Gasteiger partial charge in [0.15, 0.2) is 0 Å². The van der Waals surface area contributed by atoms with Crippen LogP contribution in [0.15, 0.2) is 47.3 Å². The van der Waals surface area contributed by atoms with E-state index in [0.717, 1.165) is 25.0 Å². The van der Waals surface area contributed by atoms with Gasteiger partial charge < -0.3 is 15.1 Å². The molecule has 1 unspecified atom stereocenters. The fraction of sp³-hybridized carbons (Fsp3) is 0.407. The maximum atomic E-state index is 14.7. The van der Waals surface area contributed by atoms with E-state index < -0.39 is 5.82 Å². The van der Waals surface area contributed by atoms with Crippen molar-refractivity contribution in [1.29, 1.82) is 0 Å². The highest BCUT2D eigenvalue weighted by atomic mass is 19.1. The Labute approximate surface area is 214 Å². The van der Waals surface area contributed by atoms with Crippen LogP contribution in [0.1, 0.15) is 28.5 Å². The van der Waals surface area contributed by atoms with Crippen LogP contribution in [0.3, 0.4) is 0 Å². The molecule has 0 aliphatic carbocycles. The number of aromatic amines is 1. The number of hydrogen-bond acceptors (Lipinski definition) is 6. The van der Waals surface area contributed by atoms with E-state index in [1.165, 1.54) is 6.07 Å². The normalized spacial score (nSPS) is 18.8. The standard InChI is InChI=1S/C27H31FN6O3/c1-18-16-32(9-8-29-18)17-25(35)33-10-12-34(13-11-33)27(37)22-14-19(6-7-23(22)28)15-24-20-4-2-3-5-21(20)26(36)31-30-24/h2-7,14,18,29H,8-13,15-17H2,1H3,(H,31,36). The van der Waals surface area contributed by atoms with Crippen molar-refractivity contribution < 1.29 is 14.0 Å². The molecule has 0 spiro atoms. The number of fused-ring (bicyclic) bond motifs is 1. The first kappa shape index (κ1) is 25.0. The number of rotatable bonds is 5. The number of nitrogens with zero attached hydrogens (tertiary/aromatic N) is 4. The molecule has 0 bridgehead atoms. The summed E-state index contributed by atoms with van der Waals surface area (Å²) in [6, 6.07) is 12.0. The van der Waals surface area contributed by atoms with Gasteiger partial charge in [-0.1, -0.05) is 24.3 Å². The predicted octanol–water partition coefficient (Wildman–Crippen LogP) is 1.23.